The third kappa shape index (κ3) is 4.35. The van der Waals surface area contributed by atoms with Crippen LogP contribution in [0.3, 0.4) is 0 Å². The molecule has 0 spiro atoms. The van der Waals surface area contributed by atoms with Gasteiger partial charge in [0.2, 0.25) is 5.95 Å². The summed E-state index contributed by atoms with van der Waals surface area (Å²) >= 11 is 0. The summed E-state index contributed by atoms with van der Waals surface area (Å²) in [5.74, 6) is 1.30. The molecule has 8 nitrogen and oxygen atoms in total. The molecular weight excluding hydrogens is 400 g/mol. The van der Waals surface area contributed by atoms with E-state index >= 15 is 0 Å². The van der Waals surface area contributed by atoms with E-state index in [1.807, 2.05) is 29.3 Å². The fraction of sp³-hybridized carbons (Fsp3) is 0.429. The van der Waals surface area contributed by atoms with E-state index in [1.165, 1.54) is 6.26 Å². The van der Waals surface area contributed by atoms with Crippen LogP contribution in [-0.2, 0) is 22.8 Å². The molecular formula is C21H26N6O2S. The summed E-state index contributed by atoms with van der Waals surface area (Å²) in [6, 6.07) is 7.83. The molecule has 0 radical (unpaired) electrons. The van der Waals surface area contributed by atoms with Gasteiger partial charge in [-0.15, -0.1) is 0 Å². The van der Waals surface area contributed by atoms with Gasteiger partial charge in [-0.2, -0.15) is 9.97 Å². The number of pyridine rings is 2. The van der Waals surface area contributed by atoms with Gasteiger partial charge in [-0.25, -0.2) is 13.4 Å². The Bertz CT molecular complexity index is 1140. The number of aromatic nitrogens is 4. The number of anilines is 2. The zero-order valence-electron chi connectivity index (χ0n) is 17.2. The SMILES string of the molecule is CCc1ncccc1CNc1nc(N2CCC(S(C)(=O)=O)CC2)nc2ncccc12. The summed E-state index contributed by atoms with van der Waals surface area (Å²) in [6.45, 7) is 3.91. The Balaban J connectivity index is 1.60. The number of nitrogens with one attached hydrogen (secondary N) is 1. The number of sulfone groups is 1. The molecule has 0 aliphatic carbocycles. The van der Waals surface area contributed by atoms with Crippen molar-refractivity contribution in [1.29, 1.82) is 0 Å². The number of rotatable bonds is 6. The molecule has 1 aliphatic heterocycles. The maximum absolute atomic E-state index is 11.9. The average Bonchev–Trinajstić information content (AvgIpc) is 2.77. The highest BCUT2D eigenvalue weighted by Gasteiger charge is 2.28. The van der Waals surface area contributed by atoms with Gasteiger partial charge in [-0.3, -0.25) is 4.98 Å². The van der Waals surface area contributed by atoms with Crippen LogP contribution in [-0.4, -0.2) is 52.9 Å². The molecule has 9 heteroatoms. The zero-order valence-corrected chi connectivity index (χ0v) is 18.1. The Kier molecular flexibility index (Phi) is 5.80. The van der Waals surface area contributed by atoms with E-state index in [0.717, 1.165) is 28.9 Å². The van der Waals surface area contributed by atoms with Crippen molar-refractivity contribution in [2.75, 3.05) is 29.6 Å². The number of piperidine rings is 1. The van der Waals surface area contributed by atoms with E-state index in [9.17, 15) is 8.42 Å². The highest BCUT2D eigenvalue weighted by molar-refractivity contribution is 7.91. The Morgan fingerprint density at radius 2 is 1.83 bits per heavy atom. The number of aryl methyl sites for hydroxylation is 1. The van der Waals surface area contributed by atoms with Crippen LogP contribution in [0.15, 0.2) is 36.7 Å². The second kappa shape index (κ2) is 8.51. The summed E-state index contributed by atoms with van der Waals surface area (Å²) in [5, 5.41) is 4.00. The number of fused-ring (bicyclic) bond motifs is 1. The summed E-state index contributed by atoms with van der Waals surface area (Å²) in [6.07, 6.45) is 6.88. The first kappa shape index (κ1) is 20.5. The number of hydrogen-bond donors (Lipinski definition) is 1. The normalized spacial score (nSPS) is 15.5. The van der Waals surface area contributed by atoms with Gasteiger partial charge >= 0.3 is 0 Å². The van der Waals surface area contributed by atoms with Crippen molar-refractivity contribution in [2.24, 2.45) is 0 Å². The first-order valence-corrected chi connectivity index (χ1v) is 12.1. The van der Waals surface area contributed by atoms with E-state index in [-0.39, 0.29) is 5.25 Å². The van der Waals surface area contributed by atoms with Crippen molar-refractivity contribution in [3.05, 3.63) is 47.9 Å². The van der Waals surface area contributed by atoms with Crippen molar-refractivity contribution in [2.45, 2.75) is 38.0 Å². The van der Waals surface area contributed by atoms with Crippen molar-refractivity contribution >= 4 is 32.6 Å². The van der Waals surface area contributed by atoms with Crippen molar-refractivity contribution in [1.82, 2.24) is 19.9 Å². The summed E-state index contributed by atoms with van der Waals surface area (Å²) in [7, 11) is -3.02. The van der Waals surface area contributed by atoms with Gasteiger partial charge < -0.3 is 10.2 Å². The van der Waals surface area contributed by atoms with Crippen molar-refractivity contribution in [3.63, 3.8) is 0 Å². The topological polar surface area (TPSA) is 101 Å². The molecule has 0 amide bonds. The second-order valence-corrected chi connectivity index (χ2v) is 9.90. The summed E-state index contributed by atoms with van der Waals surface area (Å²) < 4.78 is 23.7. The highest BCUT2D eigenvalue weighted by atomic mass is 32.2. The molecule has 1 saturated heterocycles. The first-order valence-electron chi connectivity index (χ1n) is 10.2. The van der Waals surface area contributed by atoms with Gasteiger partial charge in [0.15, 0.2) is 5.65 Å². The Labute approximate surface area is 176 Å². The smallest absolute Gasteiger partial charge is 0.229 e. The lowest BCUT2D eigenvalue weighted by Crippen LogP contribution is -2.39. The van der Waals surface area contributed by atoms with Crippen LogP contribution in [0.2, 0.25) is 0 Å². The lowest BCUT2D eigenvalue weighted by atomic mass is 10.1. The van der Waals surface area contributed by atoms with E-state index in [4.69, 9.17) is 4.98 Å². The number of nitrogens with zero attached hydrogens (tertiary/aromatic N) is 5. The van der Waals surface area contributed by atoms with E-state index < -0.39 is 9.84 Å². The maximum Gasteiger partial charge on any atom is 0.229 e. The second-order valence-electron chi connectivity index (χ2n) is 7.58. The van der Waals surface area contributed by atoms with Gasteiger partial charge in [0.1, 0.15) is 15.7 Å². The standard InChI is InChI=1S/C21H26N6O2S/c1-3-18-15(6-4-10-22-18)14-24-20-17-7-5-11-23-19(17)25-21(26-20)27-12-8-16(9-13-27)30(2,28)29/h4-7,10-11,16H,3,8-9,12-14H2,1-2H3,(H,23,24,25,26). The molecule has 4 rings (SSSR count). The molecule has 0 saturated carbocycles. The molecule has 0 unspecified atom stereocenters. The monoisotopic (exact) mass is 426 g/mol. The molecule has 4 heterocycles. The summed E-state index contributed by atoms with van der Waals surface area (Å²) in [4.78, 5) is 20.3. The Morgan fingerprint density at radius 3 is 2.57 bits per heavy atom. The van der Waals surface area contributed by atoms with Crippen LogP contribution in [0, 0.1) is 0 Å². The zero-order chi connectivity index (χ0) is 21.1. The van der Waals surface area contributed by atoms with Crippen LogP contribution in [0.1, 0.15) is 31.0 Å². The van der Waals surface area contributed by atoms with Gasteiger partial charge in [0, 0.05) is 44.0 Å². The Hall–Kier alpha value is -2.81. The van der Waals surface area contributed by atoms with Crippen molar-refractivity contribution in [3.8, 4) is 0 Å². The minimum absolute atomic E-state index is 0.289. The fourth-order valence-electron chi connectivity index (χ4n) is 3.84. The predicted molar refractivity (Wildman–Crippen MR) is 118 cm³/mol. The largest absolute Gasteiger partial charge is 0.365 e. The number of hydrogen-bond acceptors (Lipinski definition) is 8. The molecule has 1 aliphatic rings. The van der Waals surface area contributed by atoms with Gasteiger partial charge in [0.05, 0.1) is 10.6 Å². The molecule has 1 fully saturated rings. The lowest BCUT2D eigenvalue weighted by molar-refractivity contribution is 0.530. The third-order valence-corrected chi connectivity index (χ3v) is 7.24. The minimum Gasteiger partial charge on any atom is -0.365 e. The maximum atomic E-state index is 11.9. The van der Waals surface area contributed by atoms with Crippen molar-refractivity contribution < 1.29 is 8.42 Å². The van der Waals surface area contributed by atoms with Crippen LogP contribution in [0.5, 0.6) is 0 Å². The fourth-order valence-corrected chi connectivity index (χ4v) is 4.91. The lowest BCUT2D eigenvalue weighted by Gasteiger charge is -2.31. The predicted octanol–water partition coefficient (Wildman–Crippen LogP) is 2.61. The molecule has 0 bridgehead atoms. The molecule has 3 aromatic heterocycles. The highest BCUT2D eigenvalue weighted by Crippen LogP contribution is 2.26. The van der Waals surface area contributed by atoms with E-state index in [0.29, 0.717) is 44.1 Å². The van der Waals surface area contributed by atoms with Crippen LogP contribution >= 0.6 is 0 Å². The Morgan fingerprint density at radius 1 is 1.10 bits per heavy atom. The van der Waals surface area contributed by atoms with Gasteiger partial charge in [-0.1, -0.05) is 13.0 Å². The molecule has 0 aromatic carbocycles. The minimum atomic E-state index is -3.02. The average molecular weight is 427 g/mol. The van der Waals surface area contributed by atoms with Gasteiger partial charge in [-0.05, 0) is 43.0 Å². The van der Waals surface area contributed by atoms with Crippen LogP contribution in [0.4, 0.5) is 11.8 Å². The molecule has 0 atom stereocenters. The van der Waals surface area contributed by atoms with Gasteiger partial charge in [0.25, 0.3) is 0 Å². The first-order chi connectivity index (χ1) is 14.5. The molecule has 158 valence electrons. The molecule has 3 aromatic rings. The molecule has 30 heavy (non-hydrogen) atoms. The molecule has 1 N–H and O–H groups in total. The van der Waals surface area contributed by atoms with E-state index in [1.54, 1.807) is 6.20 Å². The van der Waals surface area contributed by atoms with Crippen LogP contribution in [0.25, 0.3) is 11.0 Å². The third-order valence-electron chi connectivity index (χ3n) is 5.56. The quantitative estimate of drug-likeness (QED) is 0.642. The van der Waals surface area contributed by atoms with Crippen LogP contribution < -0.4 is 10.2 Å². The summed E-state index contributed by atoms with van der Waals surface area (Å²) in [5.41, 5.74) is 2.81. The van der Waals surface area contributed by atoms with E-state index in [2.05, 4.69) is 33.3 Å².